The van der Waals surface area contributed by atoms with Crippen molar-refractivity contribution in [1.29, 1.82) is 0 Å². The summed E-state index contributed by atoms with van der Waals surface area (Å²) >= 11 is 12.4. The molecule has 3 nitrogen and oxygen atoms in total. The van der Waals surface area contributed by atoms with E-state index in [2.05, 4.69) is 9.97 Å². The van der Waals surface area contributed by atoms with Gasteiger partial charge in [-0.05, 0) is 31.4 Å². The minimum absolute atomic E-state index is 0.0412. The van der Waals surface area contributed by atoms with Crippen molar-refractivity contribution in [2.24, 2.45) is 5.73 Å². The molecule has 5 heteroatoms. The van der Waals surface area contributed by atoms with E-state index in [1.165, 1.54) is 0 Å². The van der Waals surface area contributed by atoms with Crippen LogP contribution in [0.2, 0.25) is 10.0 Å². The second-order valence-electron chi connectivity index (χ2n) is 4.69. The first-order chi connectivity index (χ1) is 9.16. The van der Waals surface area contributed by atoms with Gasteiger partial charge in [0.05, 0.1) is 15.6 Å². The van der Waals surface area contributed by atoms with E-state index in [4.69, 9.17) is 28.9 Å². The van der Waals surface area contributed by atoms with Crippen molar-refractivity contribution in [2.45, 2.75) is 25.3 Å². The Morgan fingerprint density at radius 3 is 2.68 bits per heavy atom. The smallest absolute Gasteiger partial charge is 0.162 e. The molecule has 0 fully saturated rings. The van der Waals surface area contributed by atoms with Gasteiger partial charge in [-0.2, -0.15) is 0 Å². The number of fused-ring (bicyclic) bond motifs is 1. The maximum absolute atomic E-state index is 6.19. The third kappa shape index (κ3) is 2.34. The molecule has 0 aliphatic heterocycles. The number of aryl methyl sites for hydroxylation is 1. The Bertz CT molecular complexity index is 608. The van der Waals surface area contributed by atoms with E-state index in [1.807, 2.05) is 6.07 Å². The zero-order valence-corrected chi connectivity index (χ0v) is 11.7. The highest BCUT2D eigenvalue weighted by molar-refractivity contribution is 6.38. The zero-order valence-electron chi connectivity index (χ0n) is 10.2. The second-order valence-corrected chi connectivity index (χ2v) is 5.51. The van der Waals surface area contributed by atoms with Crippen LogP contribution in [-0.2, 0) is 6.42 Å². The molecular formula is C14H13Cl2N3. The average molecular weight is 294 g/mol. The molecule has 0 bridgehead atoms. The van der Waals surface area contributed by atoms with Crippen molar-refractivity contribution in [2.75, 3.05) is 0 Å². The van der Waals surface area contributed by atoms with Crippen molar-refractivity contribution >= 4 is 23.2 Å². The predicted octanol–water partition coefficient (Wildman–Crippen LogP) is 3.79. The van der Waals surface area contributed by atoms with Crippen molar-refractivity contribution in [3.05, 3.63) is 45.7 Å². The van der Waals surface area contributed by atoms with Crippen LogP contribution in [0.4, 0.5) is 0 Å². The lowest BCUT2D eigenvalue weighted by Crippen LogP contribution is -2.19. The van der Waals surface area contributed by atoms with Crippen LogP contribution in [0.1, 0.15) is 30.1 Å². The lowest BCUT2D eigenvalue weighted by atomic mass is 9.93. The summed E-state index contributed by atoms with van der Waals surface area (Å²) in [7, 11) is 0. The van der Waals surface area contributed by atoms with E-state index in [1.54, 1.807) is 18.3 Å². The van der Waals surface area contributed by atoms with Gasteiger partial charge in [-0.1, -0.05) is 29.3 Å². The Morgan fingerprint density at radius 2 is 1.95 bits per heavy atom. The highest BCUT2D eigenvalue weighted by atomic mass is 35.5. The van der Waals surface area contributed by atoms with Crippen LogP contribution in [0.15, 0.2) is 24.4 Å². The maximum atomic E-state index is 6.19. The van der Waals surface area contributed by atoms with Gasteiger partial charge in [0.2, 0.25) is 0 Å². The molecule has 0 saturated carbocycles. The quantitative estimate of drug-likeness (QED) is 0.870. The second kappa shape index (κ2) is 5.08. The molecule has 1 aromatic carbocycles. The molecule has 3 rings (SSSR count). The van der Waals surface area contributed by atoms with Crippen LogP contribution in [0.25, 0.3) is 11.4 Å². The Balaban J connectivity index is 2.12. The van der Waals surface area contributed by atoms with E-state index in [9.17, 15) is 0 Å². The summed E-state index contributed by atoms with van der Waals surface area (Å²) in [6.07, 6.45) is 4.78. The molecule has 19 heavy (non-hydrogen) atoms. The molecule has 2 aromatic rings. The number of hydrogen-bond donors (Lipinski definition) is 1. The van der Waals surface area contributed by atoms with Crippen LogP contribution in [0, 0.1) is 0 Å². The number of benzene rings is 1. The Labute approximate surface area is 121 Å². The first kappa shape index (κ1) is 12.9. The van der Waals surface area contributed by atoms with Crippen molar-refractivity contribution < 1.29 is 0 Å². The molecule has 2 N–H and O–H groups in total. The number of halogens is 2. The van der Waals surface area contributed by atoms with E-state index >= 15 is 0 Å². The van der Waals surface area contributed by atoms with Gasteiger partial charge in [-0.3, -0.25) is 0 Å². The normalized spacial score (nSPS) is 18.2. The van der Waals surface area contributed by atoms with Crippen LogP contribution < -0.4 is 5.73 Å². The Kier molecular flexibility index (Phi) is 3.44. The summed E-state index contributed by atoms with van der Waals surface area (Å²) < 4.78 is 0. The zero-order chi connectivity index (χ0) is 13.4. The van der Waals surface area contributed by atoms with Gasteiger partial charge in [0.15, 0.2) is 5.82 Å². The molecule has 1 atom stereocenters. The van der Waals surface area contributed by atoms with Gasteiger partial charge in [0.1, 0.15) is 0 Å². The van der Waals surface area contributed by atoms with E-state index in [0.717, 1.165) is 30.5 Å². The van der Waals surface area contributed by atoms with Crippen LogP contribution >= 0.6 is 23.2 Å². The van der Waals surface area contributed by atoms with E-state index in [0.29, 0.717) is 21.4 Å². The molecular weight excluding hydrogens is 281 g/mol. The third-order valence-electron chi connectivity index (χ3n) is 3.41. The average Bonchev–Trinajstić information content (AvgIpc) is 2.39. The molecule has 1 unspecified atom stereocenters. The molecule has 1 aliphatic carbocycles. The number of nitrogens with zero attached hydrogens (tertiary/aromatic N) is 2. The minimum Gasteiger partial charge on any atom is -0.324 e. The van der Waals surface area contributed by atoms with Gasteiger partial charge < -0.3 is 5.73 Å². The topological polar surface area (TPSA) is 51.8 Å². The van der Waals surface area contributed by atoms with Crippen LogP contribution in [0.5, 0.6) is 0 Å². The summed E-state index contributed by atoms with van der Waals surface area (Å²) in [6.45, 7) is 0. The van der Waals surface area contributed by atoms with Gasteiger partial charge in [-0.25, -0.2) is 9.97 Å². The van der Waals surface area contributed by atoms with Crippen LogP contribution in [-0.4, -0.2) is 9.97 Å². The summed E-state index contributed by atoms with van der Waals surface area (Å²) in [5, 5.41) is 1.13. The Morgan fingerprint density at radius 1 is 1.21 bits per heavy atom. The fraction of sp³-hybridized carbons (Fsp3) is 0.286. The fourth-order valence-corrected chi connectivity index (χ4v) is 2.98. The van der Waals surface area contributed by atoms with E-state index < -0.39 is 0 Å². The van der Waals surface area contributed by atoms with Crippen molar-refractivity contribution in [3.63, 3.8) is 0 Å². The maximum Gasteiger partial charge on any atom is 0.162 e. The molecule has 1 aliphatic rings. The number of rotatable bonds is 1. The lowest BCUT2D eigenvalue weighted by molar-refractivity contribution is 0.557. The third-order valence-corrected chi connectivity index (χ3v) is 4.04. The van der Waals surface area contributed by atoms with E-state index in [-0.39, 0.29) is 6.04 Å². The van der Waals surface area contributed by atoms with Gasteiger partial charge in [0.25, 0.3) is 0 Å². The number of nitrogens with two attached hydrogens (primary N) is 1. The molecule has 0 radical (unpaired) electrons. The molecule has 0 saturated heterocycles. The summed E-state index contributed by atoms with van der Waals surface area (Å²) in [5.41, 5.74) is 8.80. The fourth-order valence-electron chi connectivity index (χ4n) is 2.41. The molecule has 1 aromatic heterocycles. The first-order valence-corrected chi connectivity index (χ1v) is 6.98. The molecule has 98 valence electrons. The standard InChI is InChI=1S/C14H13Cl2N3/c15-9-3-1-4-10(16)13(9)14-18-7-8-11(17)5-2-6-12(8)19-14/h1,3-4,7,11H,2,5-6,17H2. The summed E-state index contributed by atoms with van der Waals surface area (Å²) in [4.78, 5) is 8.97. The summed E-state index contributed by atoms with van der Waals surface area (Å²) in [6, 6.07) is 5.43. The Hall–Kier alpha value is -1.16. The van der Waals surface area contributed by atoms with Crippen molar-refractivity contribution in [3.8, 4) is 11.4 Å². The molecule has 0 spiro atoms. The highest BCUT2D eigenvalue weighted by Gasteiger charge is 2.20. The van der Waals surface area contributed by atoms with Gasteiger partial charge in [-0.15, -0.1) is 0 Å². The number of aromatic nitrogens is 2. The molecule has 1 heterocycles. The lowest BCUT2D eigenvalue weighted by Gasteiger charge is -2.21. The van der Waals surface area contributed by atoms with Gasteiger partial charge in [0, 0.05) is 23.5 Å². The SMILES string of the molecule is NC1CCCc2nc(-c3c(Cl)cccc3Cl)ncc21. The largest absolute Gasteiger partial charge is 0.324 e. The number of hydrogen-bond acceptors (Lipinski definition) is 3. The predicted molar refractivity (Wildman–Crippen MR) is 77.4 cm³/mol. The van der Waals surface area contributed by atoms with Crippen LogP contribution in [0.3, 0.4) is 0 Å². The first-order valence-electron chi connectivity index (χ1n) is 6.22. The highest BCUT2D eigenvalue weighted by Crippen LogP contribution is 2.34. The van der Waals surface area contributed by atoms with Crippen molar-refractivity contribution in [1.82, 2.24) is 9.97 Å². The molecule has 0 amide bonds. The minimum atomic E-state index is 0.0412. The van der Waals surface area contributed by atoms with Gasteiger partial charge >= 0.3 is 0 Å². The monoisotopic (exact) mass is 293 g/mol. The summed E-state index contributed by atoms with van der Waals surface area (Å²) in [5.74, 6) is 0.573.